The highest BCUT2D eigenvalue weighted by Crippen LogP contribution is 2.66. The Hall–Kier alpha value is -0.440. The van der Waals surface area contributed by atoms with E-state index in [0.717, 1.165) is 25.7 Å². The Morgan fingerprint density at radius 3 is 2.43 bits per heavy atom. The van der Waals surface area contributed by atoms with Gasteiger partial charge in [-0.05, 0) is 55.8 Å². The number of rotatable bonds is 7. The average molecular weight is 351 g/mol. The van der Waals surface area contributed by atoms with E-state index in [2.05, 4.69) is 16.3 Å². The first-order valence-electron chi connectivity index (χ1n) is 8.01. The van der Waals surface area contributed by atoms with Crippen LogP contribution in [0.4, 0.5) is 8.78 Å². The summed E-state index contributed by atoms with van der Waals surface area (Å²) in [5, 5.41) is 8.54. The maximum absolute atomic E-state index is 13.4. The quantitative estimate of drug-likeness (QED) is 0.304. The van der Waals surface area contributed by atoms with Gasteiger partial charge in [0, 0.05) is 5.41 Å². The molecule has 4 fully saturated rings. The van der Waals surface area contributed by atoms with E-state index >= 15 is 0 Å². The highest BCUT2D eigenvalue weighted by atomic mass is 32.2. The number of hydrogen-bond acceptors (Lipinski definition) is 6. The summed E-state index contributed by atoms with van der Waals surface area (Å²) in [7, 11) is 0. The van der Waals surface area contributed by atoms with Crippen molar-refractivity contribution in [2.45, 2.75) is 57.1 Å². The monoisotopic (exact) mass is 351 g/mol. The molecule has 2 atom stereocenters. The third-order valence-corrected chi connectivity index (χ3v) is 6.47. The van der Waals surface area contributed by atoms with Gasteiger partial charge in [-0.2, -0.15) is 13.1 Å². The summed E-state index contributed by atoms with van der Waals surface area (Å²) < 4.78 is 35.4. The predicted octanol–water partition coefficient (Wildman–Crippen LogP) is 2.99. The molecular formula is C15H21F2O5S-. The minimum atomic E-state index is -3.95. The summed E-state index contributed by atoms with van der Waals surface area (Å²) in [6, 6.07) is 0. The topological polar surface area (TPSA) is 67.8 Å². The summed E-state index contributed by atoms with van der Waals surface area (Å²) in [4.78, 5) is 11.6. The number of ether oxygens (including phenoxy) is 1. The molecule has 0 amide bonds. The summed E-state index contributed by atoms with van der Waals surface area (Å²) >= 11 is -0.635. The lowest BCUT2D eigenvalue weighted by Crippen LogP contribution is -2.53. The van der Waals surface area contributed by atoms with Crippen LogP contribution >= 0.6 is 12.0 Å². The Morgan fingerprint density at radius 1 is 1.26 bits per heavy atom. The van der Waals surface area contributed by atoms with Crippen molar-refractivity contribution in [2.75, 3.05) is 6.61 Å². The predicted molar refractivity (Wildman–Crippen MR) is 75.5 cm³/mol. The standard InChI is InChI=1S/C15H22F2O5S/c1-2-13-4-10-3-11(5-13)7-14(6-10,8-13)9-20-12(18)15(16,17)23-22-21-19/h10-11,19H,2-9H2,1H3/p-1. The highest BCUT2D eigenvalue weighted by Gasteiger charge is 2.57. The van der Waals surface area contributed by atoms with Gasteiger partial charge in [0.2, 0.25) is 0 Å². The van der Waals surface area contributed by atoms with Crippen LogP contribution in [0.5, 0.6) is 0 Å². The Labute approximate surface area is 138 Å². The van der Waals surface area contributed by atoms with Gasteiger partial charge in [0.1, 0.15) is 12.0 Å². The van der Waals surface area contributed by atoms with Crippen molar-refractivity contribution in [1.29, 1.82) is 0 Å². The molecule has 0 spiro atoms. The van der Waals surface area contributed by atoms with Crippen LogP contribution in [-0.2, 0) is 18.9 Å². The Bertz CT molecular complexity index is 459. The average Bonchev–Trinajstić information content (AvgIpc) is 2.49. The van der Waals surface area contributed by atoms with Gasteiger partial charge in [0.05, 0.1) is 6.61 Å². The van der Waals surface area contributed by atoms with Crippen molar-refractivity contribution in [3.05, 3.63) is 0 Å². The molecule has 0 aromatic rings. The SMILES string of the molecule is CCC12CC3CC(C1)CC(COC(=O)C(F)(F)SOO[O-])(C3)C2. The number of halogens is 2. The van der Waals surface area contributed by atoms with Gasteiger partial charge in [-0.1, -0.05) is 13.3 Å². The first-order valence-corrected chi connectivity index (χ1v) is 8.76. The first-order chi connectivity index (χ1) is 10.8. The fraction of sp³-hybridized carbons (Fsp3) is 0.933. The molecule has 0 N–H and O–H groups in total. The number of carbonyl (C=O) groups is 1. The van der Waals surface area contributed by atoms with Crippen LogP contribution in [-0.4, -0.2) is 17.8 Å². The van der Waals surface area contributed by atoms with E-state index < -0.39 is 23.3 Å². The molecule has 132 valence electrons. The van der Waals surface area contributed by atoms with Crippen molar-refractivity contribution >= 4 is 18.0 Å². The second kappa shape index (κ2) is 6.13. The molecular weight excluding hydrogens is 330 g/mol. The molecule has 0 radical (unpaired) electrons. The van der Waals surface area contributed by atoms with Gasteiger partial charge >= 0.3 is 11.2 Å². The zero-order valence-electron chi connectivity index (χ0n) is 13.0. The molecule has 0 aromatic heterocycles. The zero-order chi connectivity index (χ0) is 16.7. The minimum absolute atomic E-state index is 0.0228. The molecule has 4 saturated carbocycles. The molecule has 8 heteroatoms. The van der Waals surface area contributed by atoms with Crippen LogP contribution in [0.2, 0.25) is 0 Å². The molecule has 0 aromatic carbocycles. The fourth-order valence-corrected chi connectivity index (χ4v) is 5.87. The van der Waals surface area contributed by atoms with Crippen LogP contribution in [0.1, 0.15) is 51.9 Å². The van der Waals surface area contributed by atoms with Gasteiger partial charge < -0.3 is 9.99 Å². The van der Waals surface area contributed by atoms with Gasteiger partial charge in [-0.15, -0.1) is 0 Å². The Balaban J connectivity index is 1.63. The first kappa shape index (κ1) is 17.4. The Kier molecular flexibility index (Phi) is 4.63. The molecule has 4 aliphatic rings. The van der Waals surface area contributed by atoms with Crippen LogP contribution in [0.25, 0.3) is 0 Å². The summed E-state index contributed by atoms with van der Waals surface area (Å²) in [6.07, 6.45) is 7.62. The summed E-state index contributed by atoms with van der Waals surface area (Å²) in [5.74, 6) is -0.426. The lowest BCUT2D eigenvalue weighted by atomic mass is 9.44. The molecule has 4 aliphatic carbocycles. The third kappa shape index (κ3) is 3.36. The number of carbonyl (C=O) groups excluding carboxylic acids is 1. The number of hydrogen-bond donors (Lipinski definition) is 0. The van der Waals surface area contributed by atoms with Crippen molar-refractivity contribution in [3.63, 3.8) is 0 Å². The van der Waals surface area contributed by atoms with Gasteiger partial charge in [-0.25, -0.2) is 4.79 Å². The Morgan fingerprint density at radius 2 is 1.87 bits per heavy atom. The van der Waals surface area contributed by atoms with Crippen molar-refractivity contribution in [1.82, 2.24) is 0 Å². The molecule has 0 saturated heterocycles. The van der Waals surface area contributed by atoms with Crippen LogP contribution in [0.3, 0.4) is 0 Å². The molecule has 0 aliphatic heterocycles. The van der Waals surface area contributed by atoms with Gasteiger partial charge in [0.25, 0.3) is 0 Å². The van der Waals surface area contributed by atoms with Crippen molar-refractivity contribution < 1.29 is 32.9 Å². The zero-order valence-corrected chi connectivity index (χ0v) is 13.8. The molecule has 5 nitrogen and oxygen atoms in total. The highest BCUT2D eigenvalue weighted by molar-refractivity contribution is 7.96. The van der Waals surface area contributed by atoms with E-state index in [-0.39, 0.29) is 12.0 Å². The summed E-state index contributed by atoms with van der Waals surface area (Å²) in [5.41, 5.74) is 0.139. The fourth-order valence-electron chi connectivity index (χ4n) is 5.63. The van der Waals surface area contributed by atoms with Crippen LogP contribution in [0, 0.1) is 22.7 Å². The van der Waals surface area contributed by atoms with Gasteiger partial charge in [0.15, 0.2) is 0 Å². The van der Waals surface area contributed by atoms with Gasteiger partial charge in [-0.3, -0.25) is 5.04 Å². The minimum Gasteiger partial charge on any atom is -0.691 e. The molecule has 23 heavy (non-hydrogen) atoms. The maximum atomic E-state index is 13.4. The molecule has 2 unspecified atom stereocenters. The second-order valence-electron chi connectivity index (χ2n) is 7.63. The molecule has 4 rings (SSSR count). The number of alkyl halides is 2. The largest absolute Gasteiger partial charge is 0.691 e. The molecule has 4 bridgehead atoms. The van der Waals surface area contributed by atoms with E-state index in [0.29, 0.717) is 17.3 Å². The smallest absolute Gasteiger partial charge is 0.415 e. The summed E-state index contributed by atoms with van der Waals surface area (Å²) in [6.45, 7) is 2.22. The van der Waals surface area contributed by atoms with E-state index in [1.54, 1.807) is 0 Å². The molecule has 0 heterocycles. The van der Waals surface area contributed by atoms with Crippen molar-refractivity contribution in [3.8, 4) is 0 Å². The lowest BCUT2D eigenvalue weighted by molar-refractivity contribution is -0.777. The second-order valence-corrected chi connectivity index (χ2v) is 8.44. The van der Waals surface area contributed by atoms with Crippen LogP contribution in [0.15, 0.2) is 0 Å². The van der Waals surface area contributed by atoms with E-state index in [9.17, 15) is 18.8 Å². The lowest BCUT2D eigenvalue weighted by Gasteiger charge is -2.62. The number of esters is 1. The van der Waals surface area contributed by atoms with Crippen molar-refractivity contribution in [2.24, 2.45) is 22.7 Å². The third-order valence-electron chi connectivity index (χ3n) is 5.97. The van der Waals surface area contributed by atoms with E-state index in [4.69, 9.17) is 4.74 Å². The normalized spacial score (nSPS) is 38.8. The maximum Gasteiger partial charge on any atom is 0.415 e. The van der Waals surface area contributed by atoms with E-state index in [1.165, 1.54) is 19.3 Å². The van der Waals surface area contributed by atoms with E-state index in [1.807, 2.05) is 0 Å². The van der Waals surface area contributed by atoms with Crippen LogP contribution < -0.4 is 5.26 Å².